The lowest BCUT2D eigenvalue weighted by atomic mass is 9.96. The summed E-state index contributed by atoms with van der Waals surface area (Å²) in [4.78, 5) is 31.5. The number of amides is 3. The average Bonchev–Trinajstić information content (AvgIpc) is 3.41. The van der Waals surface area contributed by atoms with Crippen molar-refractivity contribution in [2.75, 3.05) is 50.9 Å². The maximum atomic E-state index is 12.6. The zero-order valence-electron chi connectivity index (χ0n) is 16.2. The van der Waals surface area contributed by atoms with Gasteiger partial charge in [-0.15, -0.1) is 11.8 Å². The Kier molecular flexibility index (Phi) is 6.45. The smallest absolute Gasteiger partial charge is 0.317 e. The van der Waals surface area contributed by atoms with Crippen LogP contribution in [0.1, 0.15) is 38.5 Å². The monoisotopic (exact) mass is 395 g/mol. The Balaban J connectivity index is 1.20. The predicted molar refractivity (Wildman–Crippen MR) is 108 cm³/mol. The van der Waals surface area contributed by atoms with E-state index in [0.717, 1.165) is 70.2 Å². The molecule has 3 heterocycles. The van der Waals surface area contributed by atoms with Crippen molar-refractivity contribution in [3.63, 3.8) is 0 Å². The molecule has 1 saturated carbocycles. The second-order valence-corrected chi connectivity index (χ2v) is 9.37. The summed E-state index contributed by atoms with van der Waals surface area (Å²) in [5.74, 6) is 2.18. The van der Waals surface area contributed by atoms with Gasteiger partial charge < -0.3 is 20.4 Å². The first-order chi connectivity index (χ1) is 13.2. The second kappa shape index (κ2) is 9.01. The molecule has 4 aliphatic rings. The number of carbonyl (C=O) groups is 2. The van der Waals surface area contributed by atoms with E-state index in [1.165, 1.54) is 19.3 Å². The molecule has 2 atom stereocenters. The van der Waals surface area contributed by atoms with Crippen LogP contribution in [0.3, 0.4) is 0 Å². The van der Waals surface area contributed by atoms with E-state index >= 15 is 0 Å². The van der Waals surface area contributed by atoms with Crippen molar-refractivity contribution >= 4 is 23.7 Å². The van der Waals surface area contributed by atoms with E-state index in [0.29, 0.717) is 12.1 Å². The highest BCUT2D eigenvalue weighted by Crippen LogP contribution is 2.21. The van der Waals surface area contributed by atoms with Gasteiger partial charge in [0, 0.05) is 57.1 Å². The summed E-state index contributed by atoms with van der Waals surface area (Å²) < 4.78 is 0. The topological polar surface area (TPSA) is 67.9 Å². The fraction of sp³-hybridized carbons (Fsp3) is 0.895. The van der Waals surface area contributed by atoms with Crippen LogP contribution in [-0.4, -0.2) is 95.7 Å². The van der Waals surface area contributed by atoms with Crippen LogP contribution in [0.25, 0.3) is 0 Å². The third kappa shape index (κ3) is 4.71. The number of carbonyl (C=O) groups excluding carboxylic acids is 2. The Bertz CT molecular complexity index is 528. The van der Waals surface area contributed by atoms with E-state index < -0.39 is 0 Å². The molecule has 4 rings (SSSR count). The van der Waals surface area contributed by atoms with Crippen LogP contribution in [0.2, 0.25) is 0 Å². The minimum Gasteiger partial charge on any atom is -0.335 e. The van der Waals surface area contributed by atoms with Crippen molar-refractivity contribution in [1.82, 2.24) is 25.3 Å². The Hall–Kier alpha value is -0.990. The van der Waals surface area contributed by atoms with Crippen molar-refractivity contribution in [2.45, 2.75) is 56.7 Å². The number of hydrogen-bond donors (Lipinski definition) is 2. The van der Waals surface area contributed by atoms with Crippen LogP contribution in [0.15, 0.2) is 0 Å². The molecule has 3 aliphatic heterocycles. The SMILES string of the molecule is O=C(NC1CCCCC1)N1CCN([C@@H]2CN[C@H](C(=O)N3CCSC3)C2)CC1. The zero-order chi connectivity index (χ0) is 18.6. The van der Waals surface area contributed by atoms with Gasteiger partial charge in [-0.2, -0.15) is 0 Å². The average molecular weight is 396 g/mol. The summed E-state index contributed by atoms with van der Waals surface area (Å²) in [5, 5.41) is 6.66. The van der Waals surface area contributed by atoms with E-state index in [2.05, 4.69) is 15.5 Å². The normalized spacial score (nSPS) is 30.7. The molecule has 0 unspecified atom stereocenters. The van der Waals surface area contributed by atoms with Crippen LogP contribution in [-0.2, 0) is 4.79 Å². The van der Waals surface area contributed by atoms with Crippen LogP contribution in [0, 0.1) is 0 Å². The minimum atomic E-state index is -0.0265. The molecule has 0 bridgehead atoms. The second-order valence-electron chi connectivity index (χ2n) is 8.30. The molecular formula is C19H33N5O2S. The third-order valence-electron chi connectivity index (χ3n) is 6.52. The van der Waals surface area contributed by atoms with E-state index in [4.69, 9.17) is 0 Å². The molecule has 7 nitrogen and oxygen atoms in total. The largest absolute Gasteiger partial charge is 0.335 e. The van der Waals surface area contributed by atoms with Crippen LogP contribution < -0.4 is 10.6 Å². The Labute approximate surface area is 166 Å². The van der Waals surface area contributed by atoms with Gasteiger partial charge >= 0.3 is 6.03 Å². The highest BCUT2D eigenvalue weighted by molar-refractivity contribution is 7.99. The molecule has 152 valence electrons. The molecule has 27 heavy (non-hydrogen) atoms. The maximum absolute atomic E-state index is 12.6. The molecule has 0 spiro atoms. The molecule has 8 heteroatoms. The van der Waals surface area contributed by atoms with Gasteiger partial charge in [0.1, 0.15) is 0 Å². The van der Waals surface area contributed by atoms with Gasteiger partial charge in [-0.25, -0.2) is 4.79 Å². The lowest BCUT2D eigenvalue weighted by Crippen LogP contribution is -2.55. The van der Waals surface area contributed by atoms with E-state index in [9.17, 15) is 9.59 Å². The minimum absolute atomic E-state index is 0.0265. The summed E-state index contributed by atoms with van der Waals surface area (Å²) in [6.07, 6.45) is 6.94. The van der Waals surface area contributed by atoms with E-state index in [1.54, 1.807) is 0 Å². The molecule has 2 N–H and O–H groups in total. The summed E-state index contributed by atoms with van der Waals surface area (Å²) >= 11 is 1.84. The number of hydrogen-bond acceptors (Lipinski definition) is 5. The predicted octanol–water partition coefficient (Wildman–Crippen LogP) is 0.910. The number of nitrogens with zero attached hydrogens (tertiary/aromatic N) is 3. The Morgan fingerprint density at radius 2 is 1.74 bits per heavy atom. The van der Waals surface area contributed by atoms with Crippen LogP contribution in [0.5, 0.6) is 0 Å². The fourth-order valence-corrected chi connectivity index (χ4v) is 5.75. The van der Waals surface area contributed by atoms with Crippen molar-refractivity contribution in [2.24, 2.45) is 0 Å². The van der Waals surface area contributed by atoms with Gasteiger partial charge in [-0.1, -0.05) is 19.3 Å². The van der Waals surface area contributed by atoms with Gasteiger partial charge in [-0.05, 0) is 19.3 Å². The molecular weight excluding hydrogens is 362 g/mol. The molecule has 3 amide bonds. The van der Waals surface area contributed by atoms with Gasteiger partial charge in [0.05, 0.1) is 11.9 Å². The number of thioether (sulfide) groups is 1. The molecule has 4 fully saturated rings. The highest BCUT2D eigenvalue weighted by atomic mass is 32.2. The van der Waals surface area contributed by atoms with Gasteiger partial charge in [0.25, 0.3) is 0 Å². The molecule has 0 aromatic rings. The summed E-state index contributed by atoms with van der Waals surface area (Å²) in [6.45, 7) is 5.16. The van der Waals surface area contributed by atoms with E-state index in [1.807, 2.05) is 21.6 Å². The fourth-order valence-electron chi connectivity index (χ4n) is 4.79. The quantitative estimate of drug-likeness (QED) is 0.744. The highest BCUT2D eigenvalue weighted by Gasteiger charge is 2.37. The summed E-state index contributed by atoms with van der Waals surface area (Å²) in [7, 11) is 0. The third-order valence-corrected chi connectivity index (χ3v) is 7.49. The first kappa shape index (κ1) is 19.3. The molecule has 1 aliphatic carbocycles. The Morgan fingerprint density at radius 3 is 2.44 bits per heavy atom. The summed E-state index contributed by atoms with van der Waals surface area (Å²) in [6, 6.07) is 0.878. The number of nitrogens with one attached hydrogen (secondary N) is 2. The lowest BCUT2D eigenvalue weighted by Gasteiger charge is -2.38. The molecule has 3 saturated heterocycles. The molecule has 0 aromatic heterocycles. The van der Waals surface area contributed by atoms with Crippen molar-refractivity contribution in [1.29, 1.82) is 0 Å². The first-order valence-electron chi connectivity index (χ1n) is 10.6. The zero-order valence-corrected chi connectivity index (χ0v) is 17.0. The maximum Gasteiger partial charge on any atom is 0.317 e. The molecule has 0 radical (unpaired) electrons. The first-order valence-corrected chi connectivity index (χ1v) is 11.8. The Morgan fingerprint density at radius 1 is 0.963 bits per heavy atom. The number of rotatable bonds is 3. The lowest BCUT2D eigenvalue weighted by molar-refractivity contribution is -0.131. The van der Waals surface area contributed by atoms with Gasteiger partial charge in [-0.3, -0.25) is 9.69 Å². The molecule has 0 aromatic carbocycles. The number of urea groups is 1. The van der Waals surface area contributed by atoms with Crippen molar-refractivity contribution < 1.29 is 9.59 Å². The van der Waals surface area contributed by atoms with Crippen molar-refractivity contribution in [3.8, 4) is 0 Å². The standard InChI is InChI=1S/C19H33N5O2S/c25-18(24-10-11-27-14-24)17-12-16(13-20-17)22-6-8-23(9-7-22)19(26)21-15-4-2-1-3-5-15/h15-17,20H,1-14H2,(H,21,26)/t16-,17-/m0/s1. The number of piperazine rings is 1. The van der Waals surface area contributed by atoms with Crippen LogP contribution in [0.4, 0.5) is 4.79 Å². The van der Waals surface area contributed by atoms with Gasteiger partial charge in [0.2, 0.25) is 5.91 Å². The van der Waals surface area contributed by atoms with Crippen molar-refractivity contribution in [3.05, 3.63) is 0 Å². The van der Waals surface area contributed by atoms with E-state index in [-0.39, 0.29) is 18.0 Å². The summed E-state index contributed by atoms with van der Waals surface area (Å²) in [5.41, 5.74) is 0. The van der Waals surface area contributed by atoms with Crippen LogP contribution >= 0.6 is 11.8 Å². The van der Waals surface area contributed by atoms with Gasteiger partial charge in [0.15, 0.2) is 0 Å².